The van der Waals surface area contributed by atoms with Crippen molar-refractivity contribution in [3.8, 4) is 0 Å². The summed E-state index contributed by atoms with van der Waals surface area (Å²) in [6, 6.07) is 1.54. The highest BCUT2D eigenvalue weighted by molar-refractivity contribution is 4.91. The monoisotopic (exact) mass is 209 g/mol. The molecule has 15 heavy (non-hydrogen) atoms. The van der Waals surface area contributed by atoms with Crippen LogP contribution in [0.25, 0.3) is 0 Å². The smallest absolute Gasteiger partial charge is 0.00699 e. The van der Waals surface area contributed by atoms with E-state index < -0.39 is 0 Å². The molecule has 0 aliphatic heterocycles. The summed E-state index contributed by atoms with van der Waals surface area (Å²) in [5, 5.41) is 3.77. The molecular formula is C14H27N. The van der Waals surface area contributed by atoms with Crippen LogP contribution in [-0.2, 0) is 0 Å². The summed E-state index contributed by atoms with van der Waals surface area (Å²) in [6.45, 7) is 4.60. The van der Waals surface area contributed by atoms with Crippen LogP contribution in [0.15, 0.2) is 0 Å². The fourth-order valence-corrected chi connectivity index (χ4v) is 3.54. The first kappa shape index (κ1) is 11.4. The van der Waals surface area contributed by atoms with Crippen LogP contribution < -0.4 is 5.32 Å². The predicted molar refractivity (Wildman–Crippen MR) is 66.0 cm³/mol. The Morgan fingerprint density at radius 1 is 1.13 bits per heavy atom. The van der Waals surface area contributed by atoms with Crippen LogP contribution in [0.1, 0.15) is 71.6 Å². The Kier molecular flexibility index (Phi) is 3.71. The second-order valence-electron chi connectivity index (χ2n) is 5.96. The molecule has 2 aliphatic rings. The zero-order valence-corrected chi connectivity index (χ0v) is 10.5. The second kappa shape index (κ2) is 4.86. The summed E-state index contributed by atoms with van der Waals surface area (Å²) < 4.78 is 0. The molecule has 0 radical (unpaired) electrons. The predicted octanol–water partition coefficient (Wildman–Crippen LogP) is 3.88. The molecule has 0 aromatic heterocycles. The third kappa shape index (κ3) is 2.75. The number of hydrogen-bond acceptors (Lipinski definition) is 1. The van der Waals surface area contributed by atoms with Crippen molar-refractivity contribution in [3.05, 3.63) is 0 Å². The Morgan fingerprint density at radius 2 is 1.73 bits per heavy atom. The molecule has 2 saturated carbocycles. The van der Waals surface area contributed by atoms with Crippen LogP contribution in [0.4, 0.5) is 0 Å². The molecule has 0 aromatic carbocycles. The molecule has 1 atom stereocenters. The maximum Gasteiger partial charge on any atom is 0.00699 e. The molecule has 2 aliphatic carbocycles. The van der Waals surface area contributed by atoms with E-state index in [-0.39, 0.29) is 0 Å². The van der Waals surface area contributed by atoms with Gasteiger partial charge in [0.15, 0.2) is 0 Å². The summed E-state index contributed by atoms with van der Waals surface area (Å²) in [4.78, 5) is 0. The summed E-state index contributed by atoms with van der Waals surface area (Å²) in [5.41, 5.74) is 0.799. The topological polar surface area (TPSA) is 12.0 Å². The molecule has 1 heteroatoms. The Bertz CT molecular complexity index is 184. The van der Waals surface area contributed by atoms with Crippen molar-refractivity contribution < 1.29 is 0 Å². The highest BCUT2D eigenvalue weighted by Crippen LogP contribution is 2.48. The van der Waals surface area contributed by atoms with Crippen LogP contribution in [0, 0.1) is 5.41 Å². The molecule has 1 N–H and O–H groups in total. The summed E-state index contributed by atoms with van der Waals surface area (Å²) >= 11 is 0. The van der Waals surface area contributed by atoms with E-state index in [4.69, 9.17) is 0 Å². The quantitative estimate of drug-likeness (QED) is 0.744. The van der Waals surface area contributed by atoms with Crippen molar-refractivity contribution in [2.24, 2.45) is 5.41 Å². The van der Waals surface area contributed by atoms with Crippen molar-refractivity contribution in [1.82, 2.24) is 5.32 Å². The van der Waals surface area contributed by atoms with Gasteiger partial charge in [0.1, 0.15) is 0 Å². The fourth-order valence-electron chi connectivity index (χ4n) is 3.54. The van der Waals surface area contributed by atoms with Gasteiger partial charge in [-0.2, -0.15) is 0 Å². The maximum atomic E-state index is 3.77. The maximum absolute atomic E-state index is 3.77. The van der Waals surface area contributed by atoms with Gasteiger partial charge >= 0.3 is 0 Å². The van der Waals surface area contributed by atoms with Gasteiger partial charge in [-0.25, -0.2) is 0 Å². The summed E-state index contributed by atoms with van der Waals surface area (Å²) in [7, 11) is 0. The van der Waals surface area contributed by atoms with E-state index in [0.717, 1.165) is 11.5 Å². The third-order valence-corrected chi connectivity index (χ3v) is 4.84. The third-order valence-electron chi connectivity index (χ3n) is 4.84. The first-order valence-corrected chi connectivity index (χ1v) is 7.00. The Hall–Kier alpha value is -0.0400. The van der Waals surface area contributed by atoms with Gasteiger partial charge in [-0.15, -0.1) is 0 Å². The van der Waals surface area contributed by atoms with Crippen LogP contribution in [0.5, 0.6) is 0 Å². The van der Waals surface area contributed by atoms with Crippen molar-refractivity contribution in [2.75, 3.05) is 0 Å². The highest BCUT2D eigenvalue weighted by atomic mass is 14.9. The van der Waals surface area contributed by atoms with E-state index in [9.17, 15) is 0 Å². The molecule has 1 spiro atoms. The number of nitrogens with one attached hydrogen (secondary N) is 1. The van der Waals surface area contributed by atoms with Crippen LogP contribution in [-0.4, -0.2) is 12.1 Å². The van der Waals surface area contributed by atoms with Gasteiger partial charge in [-0.05, 0) is 57.3 Å². The highest BCUT2D eigenvalue weighted by Gasteiger charge is 2.37. The average molecular weight is 209 g/mol. The standard InChI is InChI=1S/C14H27N/c1-3-12(2)15-13-6-10-14(11-7-13)8-4-5-9-14/h12-13,15H,3-11H2,1-2H3. The van der Waals surface area contributed by atoms with Crippen molar-refractivity contribution >= 4 is 0 Å². The molecule has 2 rings (SSSR count). The molecule has 1 nitrogen and oxygen atoms in total. The summed E-state index contributed by atoms with van der Waals surface area (Å²) in [5.74, 6) is 0. The van der Waals surface area contributed by atoms with Crippen LogP contribution >= 0.6 is 0 Å². The van der Waals surface area contributed by atoms with Gasteiger partial charge in [0.25, 0.3) is 0 Å². The van der Waals surface area contributed by atoms with E-state index in [1.165, 1.54) is 57.8 Å². The van der Waals surface area contributed by atoms with Gasteiger partial charge in [-0.3, -0.25) is 0 Å². The lowest BCUT2D eigenvalue weighted by atomic mass is 9.71. The van der Waals surface area contributed by atoms with Crippen molar-refractivity contribution in [2.45, 2.75) is 83.7 Å². The molecule has 0 bridgehead atoms. The SMILES string of the molecule is CCC(C)NC1CCC2(CCCC2)CC1. The Morgan fingerprint density at radius 3 is 2.27 bits per heavy atom. The Balaban J connectivity index is 1.76. The minimum absolute atomic E-state index is 0.715. The first-order chi connectivity index (χ1) is 7.24. The van der Waals surface area contributed by atoms with Crippen molar-refractivity contribution in [1.29, 1.82) is 0 Å². The lowest BCUT2D eigenvalue weighted by Crippen LogP contribution is -2.40. The second-order valence-corrected chi connectivity index (χ2v) is 5.96. The van der Waals surface area contributed by atoms with Gasteiger partial charge < -0.3 is 5.32 Å². The molecule has 88 valence electrons. The molecule has 2 fully saturated rings. The minimum Gasteiger partial charge on any atom is -0.312 e. The largest absolute Gasteiger partial charge is 0.312 e. The van der Waals surface area contributed by atoms with Gasteiger partial charge in [0, 0.05) is 12.1 Å². The van der Waals surface area contributed by atoms with Gasteiger partial charge in [-0.1, -0.05) is 19.8 Å². The van der Waals surface area contributed by atoms with Crippen LogP contribution in [0.2, 0.25) is 0 Å². The zero-order valence-electron chi connectivity index (χ0n) is 10.5. The van der Waals surface area contributed by atoms with Gasteiger partial charge in [0.05, 0.1) is 0 Å². The van der Waals surface area contributed by atoms with Crippen LogP contribution in [0.3, 0.4) is 0 Å². The Labute approximate surface area is 95.0 Å². The molecule has 0 saturated heterocycles. The molecule has 0 heterocycles. The van der Waals surface area contributed by atoms with Gasteiger partial charge in [0.2, 0.25) is 0 Å². The molecule has 1 unspecified atom stereocenters. The molecule has 0 amide bonds. The van der Waals surface area contributed by atoms with E-state index in [1.807, 2.05) is 0 Å². The summed E-state index contributed by atoms with van der Waals surface area (Å²) in [6.07, 6.45) is 13.2. The fraction of sp³-hybridized carbons (Fsp3) is 1.00. The van der Waals surface area contributed by atoms with E-state index in [1.54, 1.807) is 0 Å². The minimum atomic E-state index is 0.715. The molecule has 0 aromatic rings. The number of hydrogen-bond donors (Lipinski definition) is 1. The molecular weight excluding hydrogens is 182 g/mol. The van der Waals surface area contributed by atoms with E-state index in [2.05, 4.69) is 19.2 Å². The van der Waals surface area contributed by atoms with Crippen molar-refractivity contribution in [3.63, 3.8) is 0 Å². The van der Waals surface area contributed by atoms with E-state index >= 15 is 0 Å². The lowest BCUT2D eigenvalue weighted by molar-refractivity contribution is 0.163. The lowest BCUT2D eigenvalue weighted by Gasteiger charge is -2.38. The number of rotatable bonds is 3. The zero-order chi connectivity index (χ0) is 10.7. The average Bonchev–Trinajstić information content (AvgIpc) is 2.70. The first-order valence-electron chi connectivity index (χ1n) is 7.00. The normalized spacial score (nSPS) is 28.4. The van der Waals surface area contributed by atoms with E-state index in [0.29, 0.717) is 6.04 Å².